The van der Waals surface area contributed by atoms with Crippen molar-refractivity contribution in [2.75, 3.05) is 14.2 Å². The third-order valence-corrected chi connectivity index (χ3v) is 6.28. The molecule has 1 aliphatic rings. The molecule has 0 spiro atoms. The van der Waals surface area contributed by atoms with E-state index in [4.69, 9.17) is 9.47 Å². The van der Waals surface area contributed by atoms with Crippen LogP contribution in [0.25, 0.3) is 0 Å². The van der Waals surface area contributed by atoms with Gasteiger partial charge in [0.25, 0.3) is 0 Å². The summed E-state index contributed by atoms with van der Waals surface area (Å²) in [4.78, 5) is 27.3. The van der Waals surface area contributed by atoms with E-state index in [0.717, 1.165) is 23.3 Å². The van der Waals surface area contributed by atoms with Crippen LogP contribution in [0.5, 0.6) is 0 Å². The molecule has 0 fully saturated rings. The standard InChI is InChI=1S/C16H16O4S2/c1-8-10-5-4-9-6-13(15(17)19-2)22-12(9)7-11(10)14(21-8)16(18)20-3/h6H,4-5,7H2,1-3H3. The molecule has 3 rings (SSSR count). The highest BCUT2D eigenvalue weighted by Gasteiger charge is 2.26. The number of fused-ring (bicyclic) bond motifs is 2. The number of carbonyl (C=O) groups is 2. The second-order valence-corrected chi connectivity index (χ2v) is 7.52. The first-order chi connectivity index (χ1) is 10.5. The highest BCUT2D eigenvalue weighted by Crippen LogP contribution is 2.37. The van der Waals surface area contributed by atoms with Gasteiger partial charge in [-0.05, 0) is 42.5 Å². The number of rotatable bonds is 2. The Morgan fingerprint density at radius 2 is 1.77 bits per heavy atom. The molecule has 2 heterocycles. The summed E-state index contributed by atoms with van der Waals surface area (Å²) >= 11 is 2.96. The molecular formula is C16H16O4S2. The number of carbonyl (C=O) groups excluding carboxylic acids is 2. The molecular weight excluding hydrogens is 320 g/mol. The molecule has 4 nitrogen and oxygen atoms in total. The van der Waals surface area contributed by atoms with Gasteiger partial charge in [0.2, 0.25) is 0 Å². The highest BCUT2D eigenvalue weighted by atomic mass is 32.1. The highest BCUT2D eigenvalue weighted by molar-refractivity contribution is 7.15. The molecule has 0 bridgehead atoms. The zero-order chi connectivity index (χ0) is 15.9. The lowest BCUT2D eigenvalue weighted by Gasteiger charge is -2.03. The van der Waals surface area contributed by atoms with Gasteiger partial charge in [0.1, 0.15) is 9.75 Å². The summed E-state index contributed by atoms with van der Waals surface area (Å²) in [5.41, 5.74) is 3.50. The number of hydrogen-bond acceptors (Lipinski definition) is 6. The van der Waals surface area contributed by atoms with Gasteiger partial charge in [-0.1, -0.05) is 0 Å². The summed E-state index contributed by atoms with van der Waals surface area (Å²) in [7, 11) is 2.80. The molecule has 0 aromatic carbocycles. The number of methoxy groups -OCH3 is 2. The van der Waals surface area contributed by atoms with E-state index in [1.807, 2.05) is 6.07 Å². The largest absolute Gasteiger partial charge is 0.465 e. The molecule has 116 valence electrons. The zero-order valence-electron chi connectivity index (χ0n) is 12.6. The first-order valence-corrected chi connectivity index (χ1v) is 8.57. The first-order valence-electron chi connectivity index (χ1n) is 6.94. The molecule has 0 N–H and O–H groups in total. The van der Waals surface area contributed by atoms with Crippen LogP contribution < -0.4 is 0 Å². The maximum Gasteiger partial charge on any atom is 0.348 e. The number of thiophene rings is 2. The van der Waals surface area contributed by atoms with E-state index in [2.05, 4.69) is 6.92 Å². The van der Waals surface area contributed by atoms with Crippen LogP contribution in [0.2, 0.25) is 0 Å². The van der Waals surface area contributed by atoms with Crippen LogP contribution in [0.1, 0.15) is 45.8 Å². The fraction of sp³-hybridized carbons (Fsp3) is 0.375. The summed E-state index contributed by atoms with van der Waals surface area (Å²) < 4.78 is 9.70. The number of aryl methyl sites for hydroxylation is 2. The lowest BCUT2D eigenvalue weighted by atomic mass is 10.0. The number of ether oxygens (including phenoxy) is 2. The van der Waals surface area contributed by atoms with Crippen molar-refractivity contribution in [3.05, 3.63) is 42.3 Å². The van der Waals surface area contributed by atoms with Crippen molar-refractivity contribution < 1.29 is 19.1 Å². The molecule has 0 atom stereocenters. The van der Waals surface area contributed by atoms with Crippen molar-refractivity contribution in [1.29, 1.82) is 0 Å². The summed E-state index contributed by atoms with van der Waals surface area (Å²) in [5, 5.41) is 0. The van der Waals surface area contributed by atoms with Crippen molar-refractivity contribution in [1.82, 2.24) is 0 Å². The monoisotopic (exact) mass is 336 g/mol. The fourth-order valence-corrected chi connectivity index (χ4v) is 5.13. The smallest absolute Gasteiger partial charge is 0.348 e. The maximum absolute atomic E-state index is 12.0. The summed E-state index contributed by atoms with van der Waals surface area (Å²) in [5.74, 6) is -0.574. The Bertz CT molecular complexity index is 755. The second kappa shape index (κ2) is 5.85. The van der Waals surface area contributed by atoms with Crippen molar-refractivity contribution >= 4 is 34.6 Å². The van der Waals surface area contributed by atoms with Gasteiger partial charge < -0.3 is 9.47 Å². The van der Waals surface area contributed by atoms with Crippen LogP contribution in [-0.2, 0) is 28.7 Å². The summed E-state index contributed by atoms with van der Waals surface area (Å²) in [6.45, 7) is 2.05. The Kier molecular flexibility index (Phi) is 4.06. The molecule has 22 heavy (non-hydrogen) atoms. The van der Waals surface area contributed by atoms with Crippen LogP contribution in [0.15, 0.2) is 6.07 Å². The van der Waals surface area contributed by atoms with Crippen LogP contribution in [0, 0.1) is 6.92 Å². The molecule has 0 saturated heterocycles. The van der Waals surface area contributed by atoms with E-state index in [0.29, 0.717) is 16.2 Å². The number of hydrogen-bond donors (Lipinski definition) is 0. The van der Waals surface area contributed by atoms with Crippen molar-refractivity contribution in [3.8, 4) is 0 Å². The minimum atomic E-state index is -0.298. The van der Waals surface area contributed by atoms with Crippen molar-refractivity contribution in [2.45, 2.75) is 26.2 Å². The van der Waals surface area contributed by atoms with E-state index in [1.54, 1.807) is 0 Å². The van der Waals surface area contributed by atoms with E-state index in [9.17, 15) is 9.59 Å². The first kappa shape index (κ1) is 15.2. The average molecular weight is 336 g/mol. The Balaban J connectivity index is 2.04. The minimum Gasteiger partial charge on any atom is -0.465 e. The van der Waals surface area contributed by atoms with Crippen LogP contribution >= 0.6 is 22.7 Å². The average Bonchev–Trinajstić information content (AvgIpc) is 3.01. The molecule has 0 unspecified atom stereocenters. The lowest BCUT2D eigenvalue weighted by Crippen LogP contribution is -2.03. The summed E-state index contributed by atoms with van der Waals surface area (Å²) in [6.07, 6.45) is 2.45. The van der Waals surface area contributed by atoms with E-state index < -0.39 is 0 Å². The van der Waals surface area contributed by atoms with E-state index >= 15 is 0 Å². The van der Waals surface area contributed by atoms with Gasteiger partial charge in [-0.15, -0.1) is 22.7 Å². The Morgan fingerprint density at radius 1 is 1.05 bits per heavy atom. The Hall–Kier alpha value is -1.66. The zero-order valence-corrected chi connectivity index (χ0v) is 14.3. The molecule has 0 saturated carbocycles. The normalized spacial score (nSPS) is 13.0. The predicted octanol–water partition coefficient (Wildman–Crippen LogP) is 3.38. The van der Waals surface area contributed by atoms with Gasteiger partial charge in [0, 0.05) is 16.2 Å². The fourth-order valence-electron chi connectivity index (χ4n) is 2.85. The van der Waals surface area contributed by atoms with Crippen LogP contribution in [0.4, 0.5) is 0 Å². The van der Waals surface area contributed by atoms with Gasteiger partial charge in [0.15, 0.2) is 0 Å². The van der Waals surface area contributed by atoms with Gasteiger partial charge in [0.05, 0.1) is 14.2 Å². The third-order valence-electron chi connectivity index (χ3n) is 3.95. The van der Waals surface area contributed by atoms with Crippen molar-refractivity contribution in [3.63, 3.8) is 0 Å². The third kappa shape index (κ3) is 2.46. The molecule has 2 aromatic rings. The predicted molar refractivity (Wildman–Crippen MR) is 86.3 cm³/mol. The SMILES string of the molecule is COC(=O)c1cc2c(s1)Cc1c(C(=O)OC)sc(C)c1CC2. The molecule has 0 radical (unpaired) electrons. The lowest BCUT2D eigenvalue weighted by molar-refractivity contribution is 0.0596. The van der Waals surface area contributed by atoms with Crippen molar-refractivity contribution in [2.24, 2.45) is 0 Å². The Labute approximate surface area is 136 Å². The summed E-state index contributed by atoms with van der Waals surface area (Å²) in [6, 6.07) is 1.92. The molecule has 0 aliphatic heterocycles. The van der Waals surface area contributed by atoms with Gasteiger partial charge in [-0.2, -0.15) is 0 Å². The Morgan fingerprint density at radius 3 is 2.45 bits per heavy atom. The van der Waals surface area contributed by atoms with Crippen LogP contribution in [0.3, 0.4) is 0 Å². The maximum atomic E-state index is 12.0. The topological polar surface area (TPSA) is 52.6 Å². The quantitative estimate of drug-likeness (QED) is 0.789. The molecule has 0 amide bonds. The van der Waals surface area contributed by atoms with E-state index in [1.165, 1.54) is 52.9 Å². The van der Waals surface area contributed by atoms with Crippen LogP contribution in [-0.4, -0.2) is 26.2 Å². The molecule has 2 aromatic heterocycles. The number of esters is 2. The minimum absolute atomic E-state index is 0.275. The van der Waals surface area contributed by atoms with E-state index in [-0.39, 0.29) is 11.9 Å². The van der Waals surface area contributed by atoms with Gasteiger partial charge in [-0.25, -0.2) is 9.59 Å². The molecule has 6 heteroatoms. The second-order valence-electron chi connectivity index (χ2n) is 5.16. The van der Waals surface area contributed by atoms with Gasteiger partial charge in [-0.3, -0.25) is 0 Å². The molecule has 1 aliphatic carbocycles. The van der Waals surface area contributed by atoms with Gasteiger partial charge >= 0.3 is 11.9 Å².